The van der Waals surface area contributed by atoms with Crippen LogP contribution < -0.4 is 0 Å². The number of rotatable bonds is 2. The average molecular weight is 275 g/mol. The standard InChI is InChI=1S/C16H21NO3/c1-11-8-9-16(2)17(15(11)19)13(10-18)14(20-16)12-6-4-3-5-7-12/h3-7,11,13-14,18H,8-10H2,1-2H3. The smallest absolute Gasteiger partial charge is 0.228 e. The van der Waals surface area contributed by atoms with Crippen molar-refractivity contribution in [1.29, 1.82) is 0 Å². The lowest BCUT2D eigenvalue weighted by molar-refractivity contribution is -0.165. The Kier molecular flexibility index (Phi) is 3.30. The van der Waals surface area contributed by atoms with Gasteiger partial charge in [0.25, 0.3) is 0 Å². The number of fused-ring (bicyclic) bond motifs is 1. The molecule has 2 fully saturated rings. The van der Waals surface area contributed by atoms with Crippen LogP contribution in [0.2, 0.25) is 0 Å². The molecule has 2 aliphatic heterocycles. The van der Waals surface area contributed by atoms with E-state index >= 15 is 0 Å². The van der Waals surface area contributed by atoms with E-state index in [1.165, 1.54) is 0 Å². The van der Waals surface area contributed by atoms with Gasteiger partial charge in [-0.2, -0.15) is 0 Å². The first-order valence-electron chi connectivity index (χ1n) is 7.23. The molecular weight excluding hydrogens is 254 g/mol. The molecule has 20 heavy (non-hydrogen) atoms. The summed E-state index contributed by atoms with van der Waals surface area (Å²) in [6, 6.07) is 9.55. The summed E-state index contributed by atoms with van der Waals surface area (Å²) in [5, 5.41) is 9.78. The highest BCUT2D eigenvalue weighted by atomic mass is 16.5. The fourth-order valence-corrected chi connectivity index (χ4v) is 3.43. The molecule has 4 heteroatoms. The number of ether oxygens (including phenoxy) is 1. The van der Waals surface area contributed by atoms with Gasteiger partial charge in [-0.25, -0.2) is 0 Å². The second-order valence-electron chi connectivity index (χ2n) is 6.02. The number of aliphatic hydroxyl groups is 1. The molecule has 1 N–H and O–H groups in total. The van der Waals surface area contributed by atoms with E-state index < -0.39 is 5.72 Å². The quantitative estimate of drug-likeness (QED) is 0.899. The van der Waals surface area contributed by atoms with E-state index in [2.05, 4.69) is 0 Å². The van der Waals surface area contributed by atoms with Gasteiger partial charge >= 0.3 is 0 Å². The third-order valence-electron chi connectivity index (χ3n) is 4.59. The van der Waals surface area contributed by atoms with Crippen molar-refractivity contribution in [2.75, 3.05) is 6.61 Å². The van der Waals surface area contributed by atoms with Crippen LogP contribution in [-0.2, 0) is 9.53 Å². The SMILES string of the molecule is CC1CCC2(C)OC(c3ccccc3)C(CO)N2C1=O. The molecular formula is C16H21NO3. The molecule has 2 heterocycles. The zero-order valence-corrected chi connectivity index (χ0v) is 12.0. The molecule has 1 aromatic rings. The largest absolute Gasteiger partial charge is 0.394 e. The van der Waals surface area contributed by atoms with Crippen molar-refractivity contribution in [3.63, 3.8) is 0 Å². The number of hydrogen-bond donors (Lipinski definition) is 1. The second kappa shape index (κ2) is 4.86. The molecule has 0 spiro atoms. The van der Waals surface area contributed by atoms with Gasteiger partial charge in [0.1, 0.15) is 11.8 Å². The number of amides is 1. The van der Waals surface area contributed by atoms with Crippen LogP contribution in [0.3, 0.4) is 0 Å². The summed E-state index contributed by atoms with van der Waals surface area (Å²) < 4.78 is 6.21. The number of piperidine rings is 1. The summed E-state index contributed by atoms with van der Waals surface area (Å²) >= 11 is 0. The fourth-order valence-electron chi connectivity index (χ4n) is 3.43. The van der Waals surface area contributed by atoms with E-state index in [1.54, 1.807) is 4.90 Å². The summed E-state index contributed by atoms with van der Waals surface area (Å²) in [5.74, 6) is 0.103. The molecule has 0 bridgehead atoms. The van der Waals surface area contributed by atoms with Crippen LogP contribution in [0.15, 0.2) is 30.3 Å². The van der Waals surface area contributed by atoms with Crippen molar-refractivity contribution in [2.45, 2.75) is 44.6 Å². The summed E-state index contributed by atoms with van der Waals surface area (Å²) in [7, 11) is 0. The van der Waals surface area contributed by atoms with Gasteiger partial charge in [-0.05, 0) is 25.3 Å². The highest BCUT2D eigenvalue weighted by Gasteiger charge is 2.55. The van der Waals surface area contributed by atoms with Crippen molar-refractivity contribution >= 4 is 5.91 Å². The average Bonchev–Trinajstić information content (AvgIpc) is 2.78. The summed E-state index contributed by atoms with van der Waals surface area (Å²) in [4.78, 5) is 14.3. The van der Waals surface area contributed by atoms with Crippen molar-refractivity contribution in [1.82, 2.24) is 4.90 Å². The van der Waals surface area contributed by atoms with E-state index in [-0.39, 0.29) is 30.6 Å². The maximum Gasteiger partial charge on any atom is 0.228 e. The first-order chi connectivity index (χ1) is 9.57. The van der Waals surface area contributed by atoms with E-state index in [0.29, 0.717) is 0 Å². The topological polar surface area (TPSA) is 49.8 Å². The highest BCUT2D eigenvalue weighted by Crippen LogP contribution is 2.46. The molecule has 108 valence electrons. The van der Waals surface area contributed by atoms with Crippen LogP contribution in [0, 0.1) is 5.92 Å². The Bertz CT molecular complexity index is 504. The van der Waals surface area contributed by atoms with Crippen molar-refractivity contribution in [2.24, 2.45) is 5.92 Å². The number of aliphatic hydroxyl groups excluding tert-OH is 1. The summed E-state index contributed by atoms with van der Waals surface area (Å²) in [5.41, 5.74) is 0.431. The van der Waals surface area contributed by atoms with Crippen LogP contribution in [-0.4, -0.2) is 34.3 Å². The van der Waals surface area contributed by atoms with E-state index in [0.717, 1.165) is 18.4 Å². The molecule has 2 aliphatic rings. The Morgan fingerprint density at radius 1 is 1.40 bits per heavy atom. The number of nitrogens with zero attached hydrogens (tertiary/aromatic N) is 1. The van der Waals surface area contributed by atoms with E-state index in [9.17, 15) is 9.90 Å². The van der Waals surface area contributed by atoms with Crippen LogP contribution in [0.4, 0.5) is 0 Å². The van der Waals surface area contributed by atoms with Crippen molar-refractivity contribution in [3.8, 4) is 0 Å². The molecule has 0 aliphatic carbocycles. The molecule has 4 unspecified atom stereocenters. The summed E-state index contributed by atoms with van der Waals surface area (Å²) in [6.07, 6.45) is 1.41. The lowest BCUT2D eigenvalue weighted by Crippen LogP contribution is -2.55. The Balaban J connectivity index is 1.98. The highest BCUT2D eigenvalue weighted by molar-refractivity contribution is 5.80. The predicted octanol–water partition coefficient (Wildman–Crippen LogP) is 2.09. The Morgan fingerprint density at radius 3 is 2.75 bits per heavy atom. The molecule has 0 radical (unpaired) electrons. The number of hydrogen-bond acceptors (Lipinski definition) is 3. The third-order valence-corrected chi connectivity index (χ3v) is 4.59. The van der Waals surface area contributed by atoms with Gasteiger partial charge in [-0.3, -0.25) is 4.79 Å². The second-order valence-corrected chi connectivity index (χ2v) is 6.02. The molecule has 0 aromatic heterocycles. The van der Waals surface area contributed by atoms with Gasteiger partial charge in [0.2, 0.25) is 5.91 Å². The van der Waals surface area contributed by atoms with Gasteiger partial charge in [0.05, 0.1) is 12.6 Å². The monoisotopic (exact) mass is 275 g/mol. The fraction of sp³-hybridized carbons (Fsp3) is 0.562. The van der Waals surface area contributed by atoms with E-state index in [4.69, 9.17) is 4.74 Å². The van der Waals surface area contributed by atoms with Crippen molar-refractivity contribution < 1.29 is 14.6 Å². The lowest BCUT2D eigenvalue weighted by atomic mass is 9.90. The maximum atomic E-state index is 12.5. The minimum atomic E-state index is -0.586. The van der Waals surface area contributed by atoms with Crippen LogP contribution in [0.5, 0.6) is 0 Å². The normalized spacial score (nSPS) is 37.0. The molecule has 4 atom stereocenters. The Morgan fingerprint density at radius 2 is 2.10 bits per heavy atom. The van der Waals surface area contributed by atoms with Gasteiger partial charge in [0.15, 0.2) is 0 Å². The van der Waals surface area contributed by atoms with Crippen LogP contribution in [0.1, 0.15) is 38.4 Å². The first kappa shape index (κ1) is 13.6. The van der Waals surface area contributed by atoms with Crippen LogP contribution >= 0.6 is 0 Å². The maximum absolute atomic E-state index is 12.5. The molecule has 1 amide bonds. The number of benzene rings is 1. The lowest BCUT2D eigenvalue weighted by Gasteiger charge is -2.42. The first-order valence-corrected chi connectivity index (χ1v) is 7.23. The molecule has 2 saturated heterocycles. The van der Waals surface area contributed by atoms with Crippen molar-refractivity contribution in [3.05, 3.63) is 35.9 Å². The number of carbonyl (C=O) groups excluding carboxylic acids is 1. The zero-order chi connectivity index (χ0) is 14.3. The number of carbonyl (C=O) groups is 1. The zero-order valence-electron chi connectivity index (χ0n) is 12.0. The minimum absolute atomic E-state index is 0.00949. The predicted molar refractivity (Wildman–Crippen MR) is 74.8 cm³/mol. The van der Waals surface area contributed by atoms with Crippen LogP contribution in [0.25, 0.3) is 0 Å². The van der Waals surface area contributed by atoms with E-state index in [1.807, 2.05) is 44.2 Å². The summed E-state index contributed by atoms with van der Waals surface area (Å²) in [6.45, 7) is 3.84. The molecule has 3 rings (SSSR count). The molecule has 4 nitrogen and oxygen atoms in total. The van der Waals surface area contributed by atoms with Gasteiger partial charge in [0, 0.05) is 5.92 Å². The Labute approximate surface area is 119 Å². The Hall–Kier alpha value is -1.39. The minimum Gasteiger partial charge on any atom is -0.394 e. The molecule has 1 aromatic carbocycles. The third kappa shape index (κ3) is 1.95. The van der Waals surface area contributed by atoms with Gasteiger partial charge in [-0.1, -0.05) is 37.3 Å². The van der Waals surface area contributed by atoms with Gasteiger partial charge in [-0.15, -0.1) is 0 Å². The molecule has 0 saturated carbocycles. The van der Waals surface area contributed by atoms with Gasteiger partial charge < -0.3 is 14.7 Å².